The summed E-state index contributed by atoms with van der Waals surface area (Å²) >= 11 is 0. The van der Waals surface area contributed by atoms with Gasteiger partial charge >= 0.3 is 0 Å². The summed E-state index contributed by atoms with van der Waals surface area (Å²) in [5, 5.41) is 0. The number of hydrogen-bond donors (Lipinski definition) is 1. The van der Waals surface area contributed by atoms with Crippen LogP contribution in [0, 0.1) is 20.8 Å². The summed E-state index contributed by atoms with van der Waals surface area (Å²) in [6, 6.07) is 3.90. The molecule has 82 valence electrons. The predicted octanol–water partition coefficient (Wildman–Crippen LogP) is 2.07. The Morgan fingerprint density at radius 3 is 2.13 bits per heavy atom. The molecule has 15 heavy (non-hydrogen) atoms. The lowest BCUT2D eigenvalue weighted by atomic mass is 9.94. The van der Waals surface area contributed by atoms with E-state index in [2.05, 4.69) is 32.9 Å². The molecule has 0 unspecified atom stereocenters. The second-order valence-corrected chi connectivity index (χ2v) is 4.30. The van der Waals surface area contributed by atoms with Crippen molar-refractivity contribution in [3.63, 3.8) is 0 Å². The number of carbonyl (C=O) groups is 1. The topological polar surface area (TPSA) is 43.1 Å². The van der Waals surface area contributed by atoms with Gasteiger partial charge in [0.15, 0.2) is 0 Å². The number of carbonyl (C=O) groups excluding carboxylic acids is 1. The van der Waals surface area contributed by atoms with Crippen LogP contribution in [-0.2, 0) is 11.2 Å². The van der Waals surface area contributed by atoms with Crippen LogP contribution in [0.2, 0.25) is 0 Å². The largest absolute Gasteiger partial charge is 0.321 e. The van der Waals surface area contributed by atoms with Gasteiger partial charge in [-0.15, -0.1) is 0 Å². The molecule has 0 aromatic heterocycles. The average molecular weight is 205 g/mol. The normalized spacial score (nSPS) is 12.6. The zero-order valence-corrected chi connectivity index (χ0v) is 9.92. The first-order chi connectivity index (χ1) is 6.91. The van der Waals surface area contributed by atoms with E-state index in [9.17, 15) is 4.79 Å². The summed E-state index contributed by atoms with van der Waals surface area (Å²) < 4.78 is 0. The summed E-state index contributed by atoms with van der Waals surface area (Å²) in [7, 11) is 0. The van der Waals surface area contributed by atoms with E-state index in [0.717, 1.165) is 0 Å². The molecule has 0 heterocycles. The van der Waals surface area contributed by atoms with Crippen molar-refractivity contribution in [2.24, 2.45) is 5.73 Å². The van der Waals surface area contributed by atoms with Crippen molar-refractivity contribution in [3.8, 4) is 0 Å². The lowest BCUT2D eigenvalue weighted by Gasteiger charge is -2.14. The van der Waals surface area contributed by atoms with Crippen molar-refractivity contribution in [2.75, 3.05) is 0 Å². The minimum absolute atomic E-state index is 0.0503. The molecular weight excluding hydrogens is 186 g/mol. The van der Waals surface area contributed by atoms with Gasteiger partial charge in [-0.3, -0.25) is 4.79 Å². The number of ketones is 1. The number of Topliss-reactive ketones (excluding diaryl/α,β-unsaturated/α-hetero) is 1. The first-order valence-electron chi connectivity index (χ1n) is 5.24. The van der Waals surface area contributed by atoms with Gasteiger partial charge in [0.1, 0.15) is 5.78 Å². The zero-order chi connectivity index (χ0) is 11.6. The number of hydrogen-bond acceptors (Lipinski definition) is 2. The van der Waals surface area contributed by atoms with Crippen molar-refractivity contribution < 1.29 is 4.79 Å². The van der Waals surface area contributed by atoms with E-state index in [1.54, 1.807) is 6.92 Å². The first kappa shape index (κ1) is 11.9. The summed E-state index contributed by atoms with van der Waals surface area (Å²) in [4.78, 5) is 11.1. The molecule has 0 saturated carbocycles. The van der Waals surface area contributed by atoms with Gasteiger partial charge in [-0.2, -0.15) is 0 Å². The van der Waals surface area contributed by atoms with E-state index in [4.69, 9.17) is 5.73 Å². The summed E-state index contributed by atoms with van der Waals surface area (Å²) in [6.07, 6.45) is 0.646. The Bertz CT molecular complexity index is 359. The standard InChI is InChI=1S/C13H19NO/c1-8-5-9(2)12(10(3)6-8)7-13(14)11(4)15/h5-6,13H,7,14H2,1-4H3/t13-/m0/s1. The van der Waals surface area contributed by atoms with E-state index in [-0.39, 0.29) is 11.8 Å². The van der Waals surface area contributed by atoms with Crippen molar-refractivity contribution in [1.29, 1.82) is 0 Å². The number of aryl methyl sites for hydroxylation is 3. The highest BCUT2D eigenvalue weighted by Crippen LogP contribution is 2.17. The lowest BCUT2D eigenvalue weighted by molar-refractivity contribution is -0.118. The Kier molecular flexibility index (Phi) is 3.64. The molecule has 0 aliphatic carbocycles. The van der Waals surface area contributed by atoms with Crippen LogP contribution in [0.15, 0.2) is 12.1 Å². The van der Waals surface area contributed by atoms with Gasteiger partial charge in [0.05, 0.1) is 6.04 Å². The molecule has 0 amide bonds. The Morgan fingerprint density at radius 1 is 1.27 bits per heavy atom. The number of benzene rings is 1. The highest BCUT2D eigenvalue weighted by atomic mass is 16.1. The fraction of sp³-hybridized carbons (Fsp3) is 0.462. The Morgan fingerprint density at radius 2 is 1.73 bits per heavy atom. The van der Waals surface area contributed by atoms with Crippen LogP contribution in [0.25, 0.3) is 0 Å². The molecule has 1 aromatic rings. The van der Waals surface area contributed by atoms with Gasteiger partial charge in [-0.25, -0.2) is 0 Å². The minimum atomic E-state index is -0.370. The minimum Gasteiger partial charge on any atom is -0.321 e. The molecule has 0 fully saturated rings. The quantitative estimate of drug-likeness (QED) is 0.821. The third-order valence-corrected chi connectivity index (χ3v) is 2.79. The maximum absolute atomic E-state index is 11.1. The highest BCUT2D eigenvalue weighted by molar-refractivity contribution is 5.81. The highest BCUT2D eigenvalue weighted by Gasteiger charge is 2.12. The van der Waals surface area contributed by atoms with Gasteiger partial charge in [0.2, 0.25) is 0 Å². The molecule has 1 aromatic carbocycles. The van der Waals surface area contributed by atoms with Crippen LogP contribution in [0.1, 0.15) is 29.2 Å². The van der Waals surface area contributed by atoms with Gasteiger partial charge < -0.3 is 5.73 Å². The SMILES string of the molecule is CC(=O)[C@@H](N)Cc1c(C)cc(C)cc1C. The summed E-state index contributed by atoms with van der Waals surface area (Å²) in [5.74, 6) is 0.0503. The van der Waals surface area contributed by atoms with Crippen LogP contribution in [0.5, 0.6) is 0 Å². The van der Waals surface area contributed by atoms with Crippen LogP contribution in [-0.4, -0.2) is 11.8 Å². The van der Waals surface area contributed by atoms with E-state index in [1.807, 2.05) is 0 Å². The van der Waals surface area contributed by atoms with Gasteiger partial charge in [-0.05, 0) is 50.8 Å². The Hall–Kier alpha value is -1.15. The lowest BCUT2D eigenvalue weighted by Crippen LogP contribution is -2.31. The molecule has 1 rings (SSSR count). The summed E-state index contributed by atoms with van der Waals surface area (Å²) in [5.41, 5.74) is 10.7. The van der Waals surface area contributed by atoms with Crippen LogP contribution >= 0.6 is 0 Å². The molecule has 0 aliphatic rings. The zero-order valence-electron chi connectivity index (χ0n) is 9.92. The molecule has 0 bridgehead atoms. The molecule has 0 saturated heterocycles. The molecule has 2 N–H and O–H groups in total. The maximum atomic E-state index is 11.1. The van der Waals surface area contributed by atoms with E-state index in [1.165, 1.54) is 22.3 Å². The molecule has 1 atom stereocenters. The second-order valence-electron chi connectivity index (χ2n) is 4.30. The molecule has 2 nitrogen and oxygen atoms in total. The van der Waals surface area contributed by atoms with E-state index in [0.29, 0.717) is 6.42 Å². The Labute approximate surface area is 91.5 Å². The smallest absolute Gasteiger partial charge is 0.146 e. The maximum Gasteiger partial charge on any atom is 0.146 e. The molecule has 0 radical (unpaired) electrons. The van der Waals surface area contributed by atoms with E-state index >= 15 is 0 Å². The van der Waals surface area contributed by atoms with Gasteiger partial charge in [-0.1, -0.05) is 17.7 Å². The first-order valence-corrected chi connectivity index (χ1v) is 5.24. The molecule has 0 aliphatic heterocycles. The summed E-state index contributed by atoms with van der Waals surface area (Å²) in [6.45, 7) is 7.77. The second kappa shape index (κ2) is 4.58. The monoisotopic (exact) mass is 205 g/mol. The number of nitrogens with two attached hydrogens (primary N) is 1. The third kappa shape index (κ3) is 2.90. The van der Waals surface area contributed by atoms with Crippen LogP contribution in [0.4, 0.5) is 0 Å². The fourth-order valence-corrected chi connectivity index (χ4v) is 1.90. The predicted molar refractivity (Wildman–Crippen MR) is 63.0 cm³/mol. The molecule has 0 spiro atoms. The van der Waals surface area contributed by atoms with E-state index < -0.39 is 0 Å². The molecule has 2 heteroatoms. The number of rotatable bonds is 3. The average Bonchev–Trinajstić information content (AvgIpc) is 2.10. The Balaban J connectivity index is 3.00. The third-order valence-electron chi connectivity index (χ3n) is 2.79. The van der Waals surface area contributed by atoms with Crippen LogP contribution < -0.4 is 5.73 Å². The molecular formula is C13H19NO. The van der Waals surface area contributed by atoms with Gasteiger partial charge in [0, 0.05) is 0 Å². The van der Waals surface area contributed by atoms with Crippen molar-refractivity contribution >= 4 is 5.78 Å². The van der Waals surface area contributed by atoms with Crippen molar-refractivity contribution in [1.82, 2.24) is 0 Å². The van der Waals surface area contributed by atoms with Gasteiger partial charge in [0.25, 0.3) is 0 Å². The fourth-order valence-electron chi connectivity index (χ4n) is 1.90. The van der Waals surface area contributed by atoms with Crippen molar-refractivity contribution in [3.05, 3.63) is 34.4 Å². The van der Waals surface area contributed by atoms with Crippen LogP contribution in [0.3, 0.4) is 0 Å². The van der Waals surface area contributed by atoms with Crippen molar-refractivity contribution in [2.45, 2.75) is 40.2 Å².